The first-order chi connectivity index (χ1) is 20.0. The van der Waals surface area contributed by atoms with Crippen LogP contribution >= 0.6 is 46.3 Å². The van der Waals surface area contributed by atoms with Crippen molar-refractivity contribution < 1.29 is 36.2 Å². The molecule has 1 atom stereocenters. The molecule has 0 saturated carbocycles. The van der Waals surface area contributed by atoms with Crippen LogP contribution in [-0.2, 0) is 12.4 Å². The van der Waals surface area contributed by atoms with Gasteiger partial charge in [-0.1, -0.05) is 34.5 Å². The predicted octanol–water partition coefficient (Wildman–Crippen LogP) is 8.55. The normalized spacial score (nSPS) is 14.9. The second-order valence-electron chi connectivity index (χ2n) is 9.71. The standard InChI is InChI=1S/C27H20Cl2F6N4O2S2/c1-11-20(13-6-14(26(30,31)32)8-15(7-13)27(33,34)35)22(23(41)38(3)4-5-40)39(37-11)25-36-21-17-10-19(29)18(28)9-16(17)12(2)42-24(21)43-25/h6-10,12,40H,4-5H2,1-3H3. The molecule has 1 aliphatic rings. The minimum absolute atomic E-state index is 0.00221. The van der Waals surface area contributed by atoms with E-state index >= 15 is 0 Å². The van der Waals surface area contributed by atoms with Crippen LogP contribution < -0.4 is 0 Å². The van der Waals surface area contributed by atoms with E-state index in [0.29, 0.717) is 33.4 Å². The number of likely N-dealkylation sites (N-methyl/N-ethyl adjacent to an activating group) is 1. The molecule has 1 amide bonds. The Labute approximate surface area is 259 Å². The van der Waals surface area contributed by atoms with E-state index in [-0.39, 0.29) is 39.9 Å². The molecule has 0 saturated heterocycles. The maximum atomic E-state index is 13.7. The fourth-order valence-corrected chi connectivity index (χ4v) is 7.57. The number of rotatable bonds is 5. The second kappa shape index (κ2) is 11.3. The highest BCUT2D eigenvalue weighted by Gasteiger charge is 2.39. The van der Waals surface area contributed by atoms with Crippen LogP contribution in [0.1, 0.15) is 45.0 Å². The zero-order valence-electron chi connectivity index (χ0n) is 22.4. The van der Waals surface area contributed by atoms with Crippen molar-refractivity contribution in [3.05, 3.63) is 68.5 Å². The summed E-state index contributed by atoms with van der Waals surface area (Å²) in [6.07, 6.45) is -10.2. The molecule has 0 radical (unpaired) electrons. The van der Waals surface area contributed by atoms with E-state index in [1.807, 2.05) is 6.92 Å². The summed E-state index contributed by atoms with van der Waals surface area (Å²) in [4.78, 5) is 19.5. The third kappa shape index (κ3) is 5.87. The molecular formula is C27H20Cl2F6N4O2S2. The number of thiazole rings is 1. The van der Waals surface area contributed by atoms with Gasteiger partial charge in [0.05, 0.1) is 43.4 Å². The lowest BCUT2D eigenvalue weighted by molar-refractivity contribution is -0.143. The molecule has 0 bridgehead atoms. The van der Waals surface area contributed by atoms with Crippen LogP contribution in [0.4, 0.5) is 26.3 Å². The van der Waals surface area contributed by atoms with E-state index in [0.717, 1.165) is 30.7 Å². The van der Waals surface area contributed by atoms with E-state index in [2.05, 4.69) is 5.10 Å². The number of carbonyl (C=O) groups is 1. The first-order valence-corrected chi connectivity index (χ1v) is 14.9. The third-order valence-electron chi connectivity index (χ3n) is 6.76. The van der Waals surface area contributed by atoms with Crippen molar-refractivity contribution in [3.63, 3.8) is 0 Å². The number of fused-ring (bicyclic) bond motifs is 3. The Morgan fingerprint density at radius 3 is 2.23 bits per heavy atom. The Kier molecular flexibility index (Phi) is 8.31. The number of aliphatic hydroxyl groups is 1. The number of nitrogens with zero attached hydrogens (tertiary/aromatic N) is 4. The number of carbonyl (C=O) groups excluding carboxylic acids is 1. The maximum absolute atomic E-state index is 13.7. The van der Waals surface area contributed by atoms with Crippen LogP contribution in [0.25, 0.3) is 27.5 Å². The van der Waals surface area contributed by atoms with Gasteiger partial charge in [-0.25, -0.2) is 4.98 Å². The zero-order chi connectivity index (χ0) is 31.6. The van der Waals surface area contributed by atoms with Crippen molar-refractivity contribution in [1.29, 1.82) is 0 Å². The number of aromatic nitrogens is 3. The van der Waals surface area contributed by atoms with Gasteiger partial charge in [-0.2, -0.15) is 36.1 Å². The van der Waals surface area contributed by atoms with Crippen molar-refractivity contribution in [1.82, 2.24) is 19.7 Å². The summed E-state index contributed by atoms with van der Waals surface area (Å²) in [5, 5.41) is 14.6. The Balaban J connectivity index is 1.77. The molecule has 1 aliphatic heterocycles. The van der Waals surface area contributed by atoms with Gasteiger partial charge in [0.15, 0.2) is 0 Å². The van der Waals surface area contributed by atoms with E-state index < -0.39 is 41.6 Å². The number of amides is 1. The largest absolute Gasteiger partial charge is 0.416 e. The Morgan fingerprint density at radius 1 is 1.05 bits per heavy atom. The molecule has 2 aromatic heterocycles. The molecule has 0 fully saturated rings. The molecule has 16 heteroatoms. The molecule has 0 spiro atoms. The Bertz CT molecular complexity index is 1720. The van der Waals surface area contributed by atoms with Gasteiger partial charge in [0.2, 0.25) is 5.13 Å². The highest BCUT2D eigenvalue weighted by atomic mass is 35.5. The summed E-state index contributed by atoms with van der Waals surface area (Å²) in [7, 11) is 1.34. The van der Waals surface area contributed by atoms with Crippen molar-refractivity contribution in [3.8, 4) is 27.5 Å². The molecule has 43 heavy (non-hydrogen) atoms. The number of aryl methyl sites for hydroxylation is 1. The second-order valence-corrected chi connectivity index (χ2v) is 13.1. The molecular weight excluding hydrogens is 661 g/mol. The number of hydrogen-bond acceptors (Lipinski definition) is 6. The molecule has 3 heterocycles. The summed E-state index contributed by atoms with van der Waals surface area (Å²) >= 11 is 15.1. The summed E-state index contributed by atoms with van der Waals surface area (Å²) in [5.41, 5.74) is -2.02. The molecule has 4 aromatic rings. The van der Waals surface area contributed by atoms with Gasteiger partial charge in [-0.3, -0.25) is 4.79 Å². The van der Waals surface area contributed by atoms with Gasteiger partial charge in [0.1, 0.15) is 5.69 Å². The predicted molar refractivity (Wildman–Crippen MR) is 153 cm³/mol. The number of alkyl halides is 6. The topological polar surface area (TPSA) is 71.2 Å². The van der Waals surface area contributed by atoms with Crippen LogP contribution in [0.3, 0.4) is 0 Å². The lowest BCUT2D eigenvalue weighted by Crippen LogP contribution is -2.31. The fourth-order valence-electron chi connectivity index (χ4n) is 4.70. The van der Waals surface area contributed by atoms with E-state index in [9.17, 15) is 36.2 Å². The highest BCUT2D eigenvalue weighted by molar-refractivity contribution is 8.01. The lowest BCUT2D eigenvalue weighted by atomic mass is 9.97. The van der Waals surface area contributed by atoms with Crippen LogP contribution in [0.5, 0.6) is 0 Å². The smallest absolute Gasteiger partial charge is 0.395 e. The van der Waals surface area contributed by atoms with Gasteiger partial charge in [0, 0.05) is 30.0 Å². The molecule has 1 N–H and O–H groups in total. The monoisotopic (exact) mass is 680 g/mol. The number of halogens is 8. The summed E-state index contributed by atoms with van der Waals surface area (Å²) in [6.45, 7) is 2.74. The summed E-state index contributed by atoms with van der Waals surface area (Å²) in [5.74, 6) is -0.792. The number of aliphatic hydroxyl groups excluding tert-OH is 1. The third-order valence-corrected chi connectivity index (χ3v) is 9.86. The van der Waals surface area contributed by atoms with Crippen molar-refractivity contribution in [2.24, 2.45) is 0 Å². The molecule has 1 unspecified atom stereocenters. The molecule has 5 rings (SSSR count). The molecule has 2 aromatic carbocycles. The minimum atomic E-state index is -5.10. The van der Waals surface area contributed by atoms with Crippen molar-refractivity contribution >= 4 is 52.2 Å². The van der Waals surface area contributed by atoms with Gasteiger partial charge >= 0.3 is 12.4 Å². The van der Waals surface area contributed by atoms with Gasteiger partial charge in [0.25, 0.3) is 5.91 Å². The average molecular weight is 682 g/mol. The zero-order valence-corrected chi connectivity index (χ0v) is 25.5. The number of hydrogen-bond donors (Lipinski definition) is 1. The van der Waals surface area contributed by atoms with Crippen LogP contribution in [0.2, 0.25) is 10.0 Å². The first kappa shape index (κ1) is 31.6. The van der Waals surface area contributed by atoms with Gasteiger partial charge < -0.3 is 10.0 Å². The highest BCUT2D eigenvalue weighted by Crippen LogP contribution is 2.53. The Morgan fingerprint density at radius 2 is 1.65 bits per heavy atom. The van der Waals surface area contributed by atoms with Gasteiger partial charge in [-0.15, -0.1) is 11.8 Å². The number of benzene rings is 2. The average Bonchev–Trinajstić information content (AvgIpc) is 3.49. The Hall–Kier alpha value is -2.78. The minimum Gasteiger partial charge on any atom is -0.395 e. The fraction of sp³-hybridized carbons (Fsp3) is 0.296. The van der Waals surface area contributed by atoms with E-state index in [1.165, 1.54) is 25.7 Å². The van der Waals surface area contributed by atoms with E-state index in [1.54, 1.807) is 12.1 Å². The van der Waals surface area contributed by atoms with Gasteiger partial charge in [-0.05, 0) is 55.3 Å². The molecule has 0 aliphatic carbocycles. The quantitative estimate of drug-likeness (QED) is 0.214. The van der Waals surface area contributed by atoms with Crippen LogP contribution in [0.15, 0.2) is 34.5 Å². The maximum Gasteiger partial charge on any atom is 0.416 e. The van der Waals surface area contributed by atoms with E-state index in [4.69, 9.17) is 28.2 Å². The summed E-state index contributed by atoms with van der Waals surface area (Å²) in [6, 6.07) is 4.53. The molecule has 6 nitrogen and oxygen atoms in total. The number of thioether (sulfide) groups is 1. The lowest BCUT2D eigenvalue weighted by Gasteiger charge is -2.21. The first-order valence-electron chi connectivity index (χ1n) is 12.4. The van der Waals surface area contributed by atoms with Crippen molar-refractivity contribution in [2.45, 2.75) is 35.7 Å². The van der Waals surface area contributed by atoms with Crippen molar-refractivity contribution in [2.75, 3.05) is 20.2 Å². The molecule has 228 valence electrons. The van der Waals surface area contributed by atoms with Crippen LogP contribution in [0, 0.1) is 6.92 Å². The van der Waals surface area contributed by atoms with Crippen LogP contribution in [-0.4, -0.2) is 50.9 Å². The SMILES string of the molecule is Cc1nn(-c2nc3c(s2)SC(C)c2cc(Cl)c(Cl)cc2-3)c(C(=O)N(C)CCO)c1-c1cc(C(F)(F)F)cc(C(F)(F)F)c1. The summed E-state index contributed by atoms with van der Waals surface area (Å²) < 4.78 is 84.2.